The van der Waals surface area contributed by atoms with Crippen molar-refractivity contribution in [2.45, 2.75) is 26.3 Å². The molecule has 0 saturated carbocycles. The first-order valence-electron chi connectivity index (χ1n) is 9.05. The number of methoxy groups -OCH3 is 2. The molecule has 2 amide bonds. The maximum atomic E-state index is 12.9. The van der Waals surface area contributed by atoms with Crippen LogP contribution in [-0.4, -0.2) is 26.0 Å². The minimum atomic E-state index is -0.360. The van der Waals surface area contributed by atoms with E-state index in [0.717, 1.165) is 12.0 Å². The molecule has 0 heterocycles. The number of benzene rings is 2. The normalized spacial score (nSPS) is 12.1. The van der Waals surface area contributed by atoms with Gasteiger partial charge in [-0.2, -0.15) is 0 Å². The minimum Gasteiger partial charge on any atom is -0.493 e. The van der Waals surface area contributed by atoms with Crippen LogP contribution in [0.25, 0.3) is 6.08 Å². The predicted molar refractivity (Wildman–Crippen MR) is 109 cm³/mol. The third-order valence-corrected chi connectivity index (χ3v) is 4.19. The van der Waals surface area contributed by atoms with E-state index >= 15 is 0 Å². The SMILES string of the molecule is CCC(NC(=O)/C(=C/c1ccc(OC)c(OC)c1)NC(C)=O)c1ccccc1. The molecule has 2 aromatic rings. The van der Waals surface area contributed by atoms with E-state index in [9.17, 15) is 9.59 Å². The molecule has 1 atom stereocenters. The van der Waals surface area contributed by atoms with E-state index in [1.165, 1.54) is 6.92 Å². The molecule has 0 aliphatic rings. The zero-order chi connectivity index (χ0) is 20.5. The molecule has 148 valence electrons. The van der Waals surface area contributed by atoms with Gasteiger partial charge in [-0.1, -0.05) is 43.3 Å². The Bertz CT molecular complexity index is 847. The first-order chi connectivity index (χ1) is 13.5. The first kappa shape index (κ1) is 21.0. The van der Waals surface area contributed by atoms with Crippen LogP contribution < -0.4 is 20.1 Å². The molecular weight excluding hydrogens is 356 g/mol. The zero-order valence-electron chi connectivity index (χ0n) is 16.6. The number of carbonyl (C=O) groups excluding carboxylic acids is 2. The number of amides is 2. The molecule has 0 aliphatic heterocycles. The maximum Gasteiger partial charge on any atom is 0.268 e. The van der Waals surface area contributed by atoms with E-state index in [0.29, 0.717) is 17.1 Å². The molecular formula is C22H26N2O4. The molecule has 0 radical (unpaired) electrons. The van der Waals surface area contributed by atoms with Crippen LogP contribution in [-0.2, 0) is 9.59 Å². The number of hydrogen-bond acceptors (Lipinski definition) is 4. The van der Waals surface area contributed by atoms with Crippen LogP contribution in [0.4, 0.5) is 0 Å². The van der Waals surface area contributed by atoms with Gasteiger partial charge in [0.2, 0.25) is 5.91 Å². The molecule has 0 fully saturated rings. The lowest BCUT2D eigenvalue weighted by atomic mass is 10.0. The summed E-state index contributed by atoms with van der Waals surface area (Å²) in [5.74, 6) is 0.435. The van der Waals surface area contributed by atoms with Crippen molar-refractivity contribution in [2.24, 2.45) is 0 Å². The highest BCUT2D eigenvalue weighted by Crippen LogP contribution is 2.28. The van der Waals surface area contributed by atoms with Gasteiger partial charge in [-0.05, 0) is 35.8 Å². The number of ether oxygens (including phenoxy) is 2. The first-order valence-corrected chi connectivity index (χ1v) is 9.05. The van der Waals surface area contributed by atoms with Crippen molar-refractivity contribution in [3.63, 3.8) is 0 Å². The highest BCUT2D eigenvalue weighted by molar-refractivity contribution is 6.01. The Hall–Kier alpha value is -3.28. The molecule has 6 nitrogen and oxygen atoms in total. The summed E-state index contributed by atoms with van der Waals surface area (Å²) in [5.41, 5.74) is 1.87. The molecule has 28 heavy (non-hydrogen) atoms. The van der Waals surface area contributed by atoms with Crippen LogP contribution in [0.2, 0.25) is 0 Å². The molecule has 2 rings (SSSR count). The van der Waals surface area contributed by atoms with Gasteiger partial charge in [0.25, 0.3) is 5.91 Å². The zero-order valence-corrected chi connectivity index (χ0v) is 16.6. The fraction of sp³-hybridized carbons (Fsp3) is 0.273. The highest BCUT2D eigenvalue weighted by Gasteiger charge is 2.17. The second-order valence-electron chi connectivity index (χ2n) is 6.20. The van der Waals surface area contributed by atoms with Gasteiger partial charge in [0.15, 0.2) is 11.5 Å². The fourth-order valence-electron chi connectivity index (χ4n) is 2.80. The van der Waals surface area contributed by atoms with Crippen LogP contribution in [0.15, 0.2) is 54.2 Å². The van der Waals surface area contributed by atoms with E-state index in [4.69, 9.17) is 9.47 Å². The number of rotatable bonds is 8. The topological polar surface area (TPSA) is 76.7 Å². The van der Waals surface area contributed by atoms with Gasteiger partial charge < -0.3 is 20.1 Å². The molecule has 1 unspecified atom stereocenters. The molecule has 2 N–H and O–H groups in total. The van der Waals surface area contributed by atoms with Gasteiger partial charge in [-0.15, -0.1) is 0 Å². The van der Waals surface area contributed by atoms with Crippen LogP contribution in [0.3, 0.4) is 0 Å². The van der Waals surface area contributed by atoms with Crippen molar-refractivity contribution >= 4 is 17.9 Å². The second kappa shape index (κ2) is 10.2. The summed E-state index contributed by atoms with van der Waals surface area (Å²) in [6.07, 6.45) is 2.33. The summed E-state index contributed by atoms with van der Waals surface area (Å²) in [6, 6.07) is 14.8. The Balaban J connectivity index is 2.30. The van der Waals surface area contributed by atoms with Crippen LogP contribution >= 0.6 is 0 Å². The Morgan fingerprint density at radius 3 is 2.29 bits per heavy atom. The van der Waals surface area contributed by atoms with Crippen molar-refractivity contribution < 1.29 is 19.1 Å². The molecule has 0 bridgehead atoms. The van der Waals surface area contributed by atoms with Crippen molar-refractivity contribution in [3.05, 3.63) is 65.4 Å². The van der Waals surface area contributed by atoms with Crippen molar-refractivity contribution in [1.82, 2.24) is 10.6 Å². The second-order valence-corrected chi connectivity index (χ2v) is 6.20. The molecule has 6 heteroatoms. The van der Waals surface area contributed by atoms with Gasteiger partial charge in [0.1, 0.15) is 5.70 Å². The monoisotopic (exact) mass is 382 g/mol. The van der Waals surface area contributed by atoms with E-state index in [1.54, 1.807) is 38.5 Å². The van der Waals surface area contributed by atoms with E-state index in [-0.39, 0.29) is 23.6 Å². The number of hydrogen-bond donors (Lipinski definition) is 2. The van der Waals surface area contributed by atoms with Crippen LogP contribution in [0.5, 0.6) is 11.5 Å². The van der Waals surface area contributed by atoms with Gasteiger partial charge in [-0.3, -0.25) is 9.59 Å². The van der Waals surface area contributed by atoms with Crippen molar-refractivity contribution in [2.75, 3.05) is 14.2 Å². The number of nitrogens with one attached hydrogen (secondary N) is 2. The third-order valence-electron chi connectivity index (χ3n) is 4.19. The summed E-state index contributed by atoms with van der Waals surface area (Å²) in [5, 5.41) is 5.60. The Morgan fingerprint density at radius 2 is 1.71 bits per heavy atom. The van der Waals surface area contributed by atoms with Crippen molar-refractivity contribution in [3.8, 4) is 11.5 Å². The third kappa shape index (κ3) is 5.61. The lowest BCUT2D eigenvalue weighted by Gasteiger charge is -2.19. The molecule has 2 aromatic carbocycles. The lowest BCUT2D eigenvalue weighted by molar-refractivity contribution is -0.122. The summed E-state index contributed by atoms with van der Waals surface area (Å²) in [4.78, 5) is 24.5. The summed E-state index contributed by atoms with van der Waals surface area (Å²) >= 11 is 0. The average molecular weight is 382 g/mol. The van der Waals surface area contributed by atoms with Gasteiger partial charge in [0.05, 0.1) is 20.3 Å². The van der Waals surface area contributed by atoms with Gasteiger partial charge in [-0.25, -0.2) is 0 Å². The Labute approximate surface area is 165 Å². The maximum absolute atomic E-state index is 12.9. The molecule has 0 saturated heterocycles. The average Bonchev–Trinajstić information content (AvgIpc) is 2.71. The van der Waals surface area contributed by atoms with E-state index in [1.807, 2.05) is 37.3 Å². The molecule has 0 spiro atoms. The largest absolute Gasteiger partial charge is 0.493 e. The highest BCUT2D eigenvalue weighted by atomic mass is 16.5. The Morgan fingerprint density at radius 1 is 1.04 bits per heavy atom. The van der Waals surface area contributed by atoms with Crippen LogP contribution in [0.1, 0.15) is 37.4 Å². The minimum absolute atomic E-state index is 0.156. The number of carbonyl (C=O) groups is 2. The van der Waals surface area contributed by atoms with Crippen LogP contribution in [0, 0.1) is 0 Å². The summed E-state index contributed by atoms with van der Waals surface area (Å²) in [6.45, 7) is 3.36. The standard InChI is InChI=1S/C22H26N2O4/c1-5-18(17-9-7-6-8-10-17)24-22(26)19(23-15(2)25)13-16-11-12-20(27-3)21(14-16)28-4/h6-14,18H,5H2,1-4H3,(H,23,25)(H,24,26)/b19-13-. The van der Waals surface area contributed by atoms with E-state index in [2.05, 4.69) is 10.6 Å². The summed E-state index contributed by atoms with van der Waals surface area (Å²) in [7, 11) is 3.09. The van der Waals surface area contributed by atoms with Crippen molar-refractivity contribution in [1.29, 1.82) is 0 Å². The lowest BCUT2D eigenvalue weighted by Crippen LogP contribution is -2.36. The van der Waals surface area contributed by atoms with E-state index < -0.39 is 0 Å². The Kier molecular flexibility index (Phi) is 7.63. The van der Waals surface area contributed by atoms with Gasteiger partial charge >= 0.3 is 0 Å². The summed E-state index contributed by atoms with van der Waals surface area (Å²) < 4.78 is 10.5. The van der Waals surface area contributed by atoms with Gasteiger partial charge in [0, 0.05) is 6.92 Å². The smallest absolute Gasteiger partial charge is 0.268 e. The molecule has 0 aromatic heterocycles. The fourth-order valence-corrected chi connectivity index (χ4v) is 2.80. The molecule has 0 aliphatic carbocycles. The predicted octanol–water partition coefficient (Wildman–Crippen LogP) is 3.45. The quantitative estimate of drug-likeness (QED) is 0.686.